The van der Waals surface area contributed by atoms with Crippen LogP contribution in [-0.4, -0.2) is 23.1 Å². The van der Waals surface area contributed by atoms with Crippen LogP contribution < -0.4 is 0 Å². The first-order valence-corrected chi connectivity index (χ1v) is 8.46. The van der Waals surface area contributed by atoms with Gasteiger partial charge in [-0.25, -0.2) is 0 Å². The molecule has 0 spiro atoms. The third kappa shape index (κ3) is 10.3. The minimum absolute atomic E-state index is 0. The third-order valence-electron chi connectivity index (χ3n) is 3.54. The Morgan fingerprint density at radius 3 is 1.72 bits per heavy atom. The third-order valence-corrected chi connectivity index (χ3v) is 3.54. The van der Waals surface area contributed by atoms with Crippen molar-refractivity contribution in [2.24, 2.45) is 11.3 Å². The average molecular weight is 357 g/mol. The zero-order valence-electron chi connectivity index (χ0n) is 15.5. The predicted molar refractivity (Wildman–Crippen MR) is 104 cm³/mol. The smallest absolute Gasteiger partial charge is 0.312 e. The molecule has 0 atom stereocenters. The maximum Gasteiger partial charge on any atom is 0.312 e. The van der Waals surface area contributed by atoms with Gasteiger partial charge < -0.3 is 9.47 Å². The molecule has 2 aliphatic rings. The number of carbonyl (C=O) groups is 2. The summed E-state index contributed by atoms with van der Waals surface area (Å²) in [6.45, 7) is 15.0. The molecule has 4 nitrogen and oxygen atoms in total. The van der Waals surface area contributed by atoms with Crippen molar-refractivity contribution in [2.75, 3.05) is 0 Å². The number of hydrogen-bond acceptors (Lipinski definition) is 4. The van der Waals surface area contributed by atoms with Gasteiger partial charge in [0, 0.05) is 0 Å². The average Bonchev–Trinajstić information content (AvgIpc) is 3.21. The number of rotatable bonds is 4. The summed E-state index contributed by atoms with van der Waals surface area (Å²) in [6.07, 6.45) is 6.50. The molecule has 0 radical (unpaired) electrons. The lowest BCUT2D eigenvalue weighted by atomic mass is 10.0. The highest BCUT2D eigenvalue weighted by atomic mass is 16.6. The van der Waals surface area contributed by atoms with Crippen LogP contribution >= 0.6 is 0 Å². The van der Waals surface area contributed by atoms with Crippen molar-refractivity contribution >= 4 is 11.9 Å². The minimum Gasteiger partial charge on any atom is -0.460 e. The van der Waals surface area contributed by atoms with Crippen molar-refractivity contribution in [3.05, 3.63) is 12.7 Å². The molecule has 0 N–H and O–H groups in total. The van der Waals surface area contributed by atoms with E-state index >= 15 is 0 Å². The molecule has 0 amide bonds. The van der Waals surface area contributed by atoms with Crippen molar-refractivity contribution in [2.45, 2.75) is 99.7 Å². The number of ether oxygens (including phenoxy) is 2. The Kier molecular flexibility index (Phi) is 9.74. The van der Waals surface area contributed by atoms with Gasteiger partial charge in [-0.05, 0) is 73.6 Å². The summed E-state index contributed by atoms with van der Waals surface area (Å²) in [5.74, 6) is 0.145. The van der Waals surface area contributed by atoms with Crippen molar-refractivity contribution in [3.8, 4) is 0 Å². The highest BCUT2D eigenvalue weighted by Gasteiger charge is 2.51. The number of hydrogen-bond donors (Lipinski definition) is 0. The van der Waals surface area contributed by atoms with E-state index in [4.69, 9.17) is 9.47 Å². The normalized spacial score (nSPS) is 17.5. The molecular formula is C21H40O4. The first-order chi connectivity index (χ1) is 10.4. The second-order valence-corrected chi connectivity index (χ2v) is 8.58. The first-order valence-electron chi connectivity index (χ1n) is 8.46. The Labute approximate surface area is 155 Å². The second-order valence-electron chi connectivity index (χ2n) is 8.58. The van der Waals surface area contributed by atoms with E-state index in [1.54, 1.807) is 6.08 Å². The Hall–Kier alpha value is -1.32. The molecule has 25 heavy (non-hydrogen) atoms. The fourth-order valence-corrected chi connectivity index (χ4v) is 2.01. The van der Waals surface area contributed by atoms with Gasteiger partial charge in [-0.15, -0.1) is 6.58 Å². The topological polar surface area (TPSA) is 52.6 Å². The standard InChI is InChI=1S/C11H18O2.C8H14O2.2CH4/c1-5-6-11(7-8-11)9(12)13-10(2,3)4;1-8(2,3)10-7(9)6-4-5-6;;/h5H,1,6-8H2,2-4H3;6H,4-5H2,1-3H3;2*1H4. The van der Waals surface area contributed by atoms with Crippen molar-refractivity contribution in [3.63, 3.8) is 0 Å². The maximum atomic E-state index is 11.7. The molecule has 0 aromatic rings. The number of allylic oxidation sites excluding steroid dienone is 1. The summed E-state index contributed by atoms with van der Waals surface area (Å²) < 4.78 is 10.5. The fraction of sp³-hybridized carbons (Fsp3) is 0.810. The van der Waals surface area contributed by atoms with E-state index in [0.717, 1.165) is 32.1 Å². The monoisotopic (exact) mass is 356 g/mol. The van der Waals surface area contributed by atoms with Gasteiger partial charge in [0.15, 0.2) is 0 Å². The molecule has 2 saturated carbocycles. The lowest BCUT2D eigenvalue weighted by Crippen LogP contribution is -2.29. The van der Waals surface area contributed by atoms with Crippen LogP contribution in [0.3, 0.4) is 0 Å². The van der Waals surface area contributed by atoms with E-state index in [1.165, 1.54) is 0 Å². The summed E-state index contributed by atoms with van der Waals surface area (Å²) in [5, 5.41) is 0. The molecule has 0 saturated heterocycles. The molecular weight excluding hydrogens is 316 g/mol. The lowest BCUT2D eigenvalue weighted by molar-refractivity contribution is -0.161. The Morgan fingerprint density at radius 1 is 1.00 bits per heavy atom. The van der Waals surface area contributed by atoms with E-state index in [0.29, 0.717) is 0 Å². The van der Waals surface area contributed by atoms with Gasteiger partial charge in [-0.3, -0.25) is 9.59 Å². The van der Waals surface area contributed by atoms with Crippen LogP contribution in [0.2, 0.25) is 0 Å². The van der Waals surface area contributed by atoms with Gasteiger partial charge in [0.2, 0.25) is 0 Å². The van der Waals surface area contributed by atoms with Crippen molar-refractivity contribution in [1.29, 1.82) is 0 Å². The second kappa shape index (κ2) is 9.40. The summed E-state index contributed by atoms with van der Waals surface area (Å²) in [6, 6.07) is 0. The fourth-order valence-electron chi connectivity index (χ4n) is 2.01. The summed E-state index contributed by atoms with van der Waals surface area (Å²) >= 11 is 0. The van der Waals surface area contributed by atoms with Crippen molar-refractivity contribution < 1.29 is 19.1 Å². The van der Waals surface area contributed by atoms with Crippen LogP contribution in [0.15, 0.2) is 12.7 Å². The van der Waals surface area contributed by atoms with Crippen molar-refractivity contribution in [1.82, 2.24) is 0 Å². The Bertz CT molecular complexity index is 443. The van der Waals surface area contributed by atoms with Crippen LogP contribution in [0.4, 0.5) is 0 Å². The van der Waals surface area contributed by atoms with Crippen LogP contribution in [0, 0.1) is 11.3 Å². The van der Waals surface area contributed by atoms with Crippen LogP contribution in [0.1, 0.15) is 88.5 Å². The molecule has 148 valence electrons. The molecule has 2 rings (SSSR count). The molecule has 4 heteroatoms. The van der Waals surface area contributed by atoms with Gasteiger partial charge in [-0.1, -0.05) is 20.9 Å². The highest BCUT2D eigenvalue weighted by Crippen LogP contribution is 2.50. The van der Waals surface area contributed by atoms with E-state index in [2.05, 4.69) is 6.58 Å². The molecule has 0 aromatic heterocycles. The first kappa shape index (κ1) is 25.9. The lowest BCUT2D eigenvalue weighted by Gasteiger charge is -2.23. The molecule has 0 aromatic carbocycles. The summed E-state index contributed by atoms with van der Waals surface area (Å²) in [7, 11) is 0. The van der Waals surface area contributed by atoms with Gasteiger partial charge in [0.25, 0.3) is 0 Å². The maximum absolute atomic E-state index is 11.7. The van der Waals surface area contributed by atoms with E-state index in [-0.39, 0.29) is 49.3 Å². The Morgan fingerprint density at radius 2 is 1.44 bits per heavy atom. The van der Waals surface area contributed by atoms with E-state index in [1.807, 2.05) is 41.5 Å². The molecule has 0 heterocycles. The van der Waals surface area contributed by atoms with Gasteiger partial charge in [-0.2, -0.15) is 0 Å². The molecule has 0 unspecified atom stereocenters. The zero-order chi connectivity index (χ0) is 17.9. The number of esters is 2. The minimum atomic E-state index is -0.367. The summed E-state index contributed by atoms with van der Waals surface area (Å²) in [5.41, 5.74) is -0.886. The zero-order valence-corrected chi connectivity index (χ0v) is 15.5. The molecule has 2 fully saturated rings. The van der Waals surface area contributed by atoms with Crippen LogP contribution in [0.25, 0.3) is 0 Å². The molecule has 0 bridgehead atoms. The van der Waals surface area contributed by atoms with Crippen LogP contribution in [-0.2, 0) is 19.1 Å². The number of carbonyl (C=O) groups excluding carboxylic acids is 2. The van der Waals surface area contributed by atoms with Crippen LogP contribution in [0.5, 0.6) is 0 Å². The van der Waals surface area contributed by atoms with E-state index in [9.17, 15) is 9.59 Å². The molecule has 0 aliphatic heterocycles. The van der Waals surface area contributed by atoms with Gasteiger partial charge in [0.05, 0.1) is 11.3 Å². The SMILES string of the molecule is C.C.C=CCC1(C(=O)OC(C)(C)C)CC1.CC(C)(C)OC(=O)C1CC1. The van der Waals surface area contributed by atoms with Gasteiger partial charge in [0.1, 0.15) is 11.2 Å². The largest absolute Gasteiger partial charge is 0.460 e. The highest BCUT2D eigenvalue weighted by molar-refractivity contribution is 5.80. The molecule has 2 aliphatic carbocycles. The summed E-state index contributed by atoms with van der Waals surface area (Å²) in [4.78, 5) is 22.7. The quantitative estimate of drug-likeness (QED) is 0.479. The van der Waals surface area contributed by atoms with E-state index < -0.39 is 0 Å². The Balaban J connectivity index is 0. The predicted octanol–water partition coefficient (Wildman–Crippen LogP) is 5.69. The van der Waals surface area contributed by atoms with Gasteiger partial charge >= 0.3 is 11.9 Å².